The number of carbonyl (C=O) groups is 2. The Labute approximate surface area is 123 Å². The molecule has 1 aliphatic rings. The molecule has 1 N–H and O–H groups in total. The van der Waals surface area contributed by atoms with Crippen molar-refractivity contribution in [2.24, 2.45) is 0 Å². The molecular formula is C14H20N4O3. The maximum absolute atomic E-state index is 12.0. The van der Waals surface area contributed by atoms with Gasteiger partial charge in [-0.05, 0) is 12.8 Å². The number of methoxy groups -OCH3 is 1. The van der Waals surface area contributed by atoms with Gasteiger partial charge in [0.2, 0.25) is 11.8 Å². The molecule has 7 heteroatoms. The van der Waals surface area contributed by atoms with Crippen molar-refractivity contribution in [2.75, 3.05) is 20.3 Å². The number of rotatable bonds is 5. The standard InChI is InChI=1S/C14H20N4O3/c1-10(19)16-7-11-6-15-8-12(17-11)13-4-3-5-18(13)14(20)9-21-2/h6,8,13H,3-5,7,9H2,1-2H3,(H,16,19)/t13-/m0/s1. The first kappa shape index (κ1) is 15.4. The molecule has 0 spiro atoms. The first-order valence-corrected chi connectivity index (χ1v) is 6.95. The molecule has 0 saturated carbocycles. The van der Waals surface area contributed by atoms with Crippen molar-refractivity contribution < 1.29 is 14.3 Å². The van der Waals surface area contributed by atoms with Crippen molar-refractivity contribution in [2.45, 2.75) is 32.4 Å². The van der Waals surface area contributed by atoms with Crippen LogP contribution in [0.5, 0.6) is 0 Å². The Morgan fingerprint density at radius 1 is 1.48 bits per heavy atom. The summed E-state index contributed by atoms with van der Waals surface area (Å²) in [4.78, 5) is 33.4. The van der Waals surface area contributed by atoms with E-state index in [4.69, 9.17) is 4.74 Å². The molecule has 2 heterocycles. The summed E-state index contributed by atoms with van der Waals surface area (Å²) >= 11 is 0. The van der Waals surface area contributed by atoms with Gasteiger partial charge in [0, 0.05) is 20.6 Å². The van der Waals surface area contributed by atoms with Crippen LogP contribution in [0.15, 0.2) is 12.4 Å². The lowest BCUT2D eigenvalue weighted by Crippen LogP contribution is -2.33. The molecule has 2 rings (SSSR count). The summed E-state index contributed by atoms with van der Waals surface area (Å²) in [6.45, 7) is 2.59. The van der Waals surface area contributed by atoms with Gasteiger partial charge in [-0.2, -0.15) is 0 Å². The smallest absolute Gasteiger partial charge is 0.249 e. The van der Waals surface area contributed by atoms with Gasteiger partial charge in [0.05, 0.1) is 36.4 Å². The molecule has 1 saturated heterocycles. The van der Waals surface area contributed by atoms with Gasteiger partial charge < -0.3 is 15.0 Å². The van der Waals surface area contributed by atoms with Crippen molar-refractivity contribution in [3.05, 3.63) is 23.8 Å². The second-order valence-corrected chi connectivity index (χ2v) is 5.02. The second kappa shape index (κ2) is 7.12. The van der Waals surface area contributed by atoms with Gasteiger partial charge in [0.15, 0.2) is 0 Å². The van der Waals surface area contributed by atoms with E-state index in [-0.39, 0.29) is 24.5 Å². The number of aromatic nitrogens is 2. The topological polar surface area (TPSA) is 84.4 Å². The van der Waals surface area contributed by atoms with Crippen LogP contribution in [0.25, 0.3) is 0 Å². The molecule has 0 radical (unpaired) electrons. The van der Waals surface area contributed by atoms with E-state index in [2.05, 4.69) is 15.3 Å². The number of amides is 2. The molecule has 1 aromatic heterocycles. The number of hydrogen-bond acceptors (Lipinski definition) is 5. The van der Waals surface area contributed by atoms with Gasteiger partial charge in [0.25, 0.3) is 0 Å². The fraction of sp³-hybridized carbons (Fsp3) is 0.571. The monoisotopic (exact) mass is 292 g/mol. The lowest BCUT2D eigenvalue weighted by molar-refractivity contribution is -0.136. The maximum Gasteiger partial charge on any atom is 0.249 e. The zero-order chi connectivity index (χ0) is 15.2. The summed E-state index contributed by atoms with van der Waals surface area (Å²) in [5, 5.41) is 2.69. The Hall–Kier alpha value is -2.02. The third kappa shape index (κ3) is 3.98. The second-order valence-electron chi connectivity index (χ2n) is 5.02. The molecule has 114 valence electrons. The van der Waals surface area contributed by atoms with Crippen LogP contribution in [0.4, 0.5) is 0 Å². The summed E-state index contributed by atoms with van der Waals surface area (Å²) in [6, 6.07) is -0.0579. The number of nitrogens with zero attached hydrogens (tertiary/aromatic N) is 3. The van der Waals surface area contributed by atoms with E-state index in [1.54, 1.807) is 17.3 Å². The highest BCUT2D eigenvalue weighted by molar-refractivity contribution is 5.78. The van der Waals surface area contributed by atoms with Gasteiger partial charge >= 0.3 is 0 Å². The Morgan fingerprint density at radius 3 is 3.00 bits per heavy atom. The lowest BCUT2D eigenvalue weighted by Gasteiger charge is -2.24. The number of nitrogens with one attached hydrogen (secondary N) is 1. The average Bonchev–Trinajstić information content (AvgIpc) is 2.95. The average molecular weight is 292 g/mol. The van der Waals surface area contributed by atoms with Crippen LogP contribution in [0.2, 0.25) is 0 Å². The van der Waals surface area contributed by atoms with Crippen LogP contribution in [0.3, 0.4) is 0 Å². The minimum atomic E-state index is -0.111. The van der Waals surface area contributed by atoms with Crippen LogP contribution in [-0.4, -0.2) is 46.9 Å². The van der Waals surface area contributed by atoms with Crippen molar-refractivity contribution in [3.8, 4) is 0 Å². The molecule has 1 aliphatic heterocycles. The summed E-state index contributed by atoms with van der Waals surface area (Å²) in [5.41, 5.74) is 1.45. The van der Waals surface area contributed by atoms with E-state index in [0.29, 0.717) is 18.8 Å². The molecule has 0 unspecified atom stereocenters. The molecule has 1 fully saturated rings. The fourth-order valence-corrected chi connectivity index (χ4v) is 2.46. The Kier molecular flexibility index (Phi) is 5.21. The predicted molar refractivity (Wildman–Crippen MR) is 75.1 cm³/mol. The summed E-state index contributed by atoms with van der Waals surface area (Å²) < 4.78 is 4.91. The first-order valence-electron chi connectivity index (χ1n) is 6.95. The first-order chi connectivity index (χ1) is 10.1. The minimum Gasteiger partial charge on any atom is -0.375 e. The predicted octanol–water partition coefficient (Wildman–Crippen LogP) is 0.423. The number of likely N-dealkylation sites (tertiary alicyclic amines) is 1. The third-order valence-electron chi connectivity index (χ3n) is 3.40. The zero-order valence-corrected chi connectivity index (χ0v) is 12.3. The highest BCUT2D eigenvalue weighted by Gasteiger charge is 2.31. The minimum absolute atomic E-state index is 0.0333. The van der Waals surface area contributed by atoms with E-state index in [9.17, 15) is 9.59 Å². The normalized spacial score (nSPS) is 17.8. The molecule has 21 heavy (non-hydrogen) atoms. The van der Waals surface area contributed by atoms with Crippen LogP contribution in [0, 0.1) is 0 Å². The Balaban J connectivity index is 2.11. The van der Waals surface area contributed by atoms with Crippen LogP contribution >= 0.6 is 0 Å². The lowest BCUT2D eigenvalue weighted by atomic mass is 10.1. The SMILES string of the molecule is COCC(=O)N1CCC[C@H]1c1cncc(CNC(C)=O)n1. The largest absolute Gasteiger partial charge is 0.375 e. The quantitative estimate of drug-likeness (QED) is 0.850. The van der Waals surface area contributed by atoms with E-state index in [0.717, 1.165) is 18.5 Å². The van der Waals surface area contributed by atoms with Gasteiger partial charge in [-0.15, -0.1) is 0 Å². The van der Waals surface area contributed by atoms with Crippen molar-refractivity contribution >= 4 is 11.8 Å². The molecule has 0 bridgehead atoms. The number of ether oxygens (including phenoxy) is 1. The molecule has 0 aromatic carbocycles. The van der Waals surface area contributed by atoms with Gasteiger partial charge in [-0.3, -0.25) is 19.6 Å². The third-order valence-corrected chi connectivity index (χ3v) is 3.40. The molecule has 1 atom stereocenters. The van der Waals surface area contributed by atoms with Crippen LogP contribution in [-0.2, 0) is 20.9 Å². The molecular weight excluding hydrogens is 272 g/mol. The fourth-order valence-electron chi connectivity index (χ4n) is 2.46. The van der Waals surface area contributed by atoms with E-state index in [1.807, 2.05) is 0 Å². The highest BCUT2D eigenvalue weighted by atomic mass is 16.5. The summed E-state index contributed by atoms with van der Waals surface area (Å²) in [7, 11) is 1.51. The van der Waals surface area contributed by atoms with Gasteiger partial charge in [0.1, 0.15) is 6.61 Å². The van der Waals surface area contributed by atoms with Crippen LogP contribution in [0.1, 0.15) is 37.2 Å². The summed E-state index contributed by atoms with van der Waals surface area (Å²) in [6.07, 6.45) is 5.11. The van der Waals surface area contributed by atoms with E-state index < -0.39 is 0 Å². The van der Waals surface area contributed by atoms with Crippen molar-refractivity contribution in [1.82, 2.24) is 20.2 Å². The van der Waals surface area contributed by atoms with Crippen molar-refractivity contribution in [3.63, 3.8) is 0 Å². The maximum atomic E-state index is 12.0. The molecule has 1 aromatic rings. The van der Waals surface area contributed by atoms with Gasteiger partial charge in [-0.1, -0.05) is 0 Å². The summed E-state index contributed by atoms with van der Waals surface area (Å²) in [5.74, 6) is -0.144. The molecule has 0 aliphatic carbocycles. The number of carbonyl (C=O) groups excluding carboxylic acids is 2. The van der Waals surface area contributed by atoms with Crippen LogP contribution < -0.4 is 5.32 Å². The highest BCUT2D eigenvalue weighted by Crippen LogP contribution is 2.30. The zero-order valence-electron chi connectivity index (χ0n) is 12.3. The van der Waals surface area contributed by atoms with E-state index >= 15 is 0 Å². The van der Waals surface area contributed by atoms with Gasteiger partial charge in [-0.25, -0.2) is 0 Å². The Bertz CT molecular complexity index is 521. The van der Waals surface area contributed by atoms with E-state index in [1.165, 1.54) is 14.0 Å². The number of hydrogen-bond donors (Lipinski definition) is 1. The molecule has 2 amide bonds. The molecule has 7 nitrogen and oxygen atoms in total. The Morgan fingerprint density at radius 2 is 2.29 bits per heavy atom. The van der Waals surface area contributed by atoms with Crippen molar-refractivity contribution in [1.29, 1.82) is 0 Å².